The number of carbonyl (C=O) groups excluding carboxylic acids is 1. The molecule has 16 heavy (non-hydrogen) atoms. The average Bonchev–Trinajstić information content (AvgIpc) is 1.96. The van der Waals surface area contributed by atoms with Crippen LogP contribution in [0.3, 0.4) is 0 Å². The Labute approximate surface area is 95.0 Å². The molecule has 0 amide bonds. The molecule has 0 bridgehead atoms. The Bertz CT molecular complexity index is 427. The Morgan fingerprint density at radius 1 is 1.38 bits per heavy atom. The number of benzene rings is 1. The maximum absolute atomic E-state index is 12.1. The van der Waals surface area contributed by atoms with E-state index in [1.54, 1.807) is 6.92 Å². The summed E-state index contributed by atoms with van der Waals surface area (Å²) in [6.45, 7) is 2.68. The van der Waals surface area contributed by atoms with Gasteiger partial charge in [0.15, 0.2) is 5.78 Å². The lowest BCUT2D eigenvalue weighted by Crippen LogP contribution is -2.19. The SMILES string of the molecule is CC(=O)c1c(Cl)cc(C)cc1OC(F)(F)F. The smallest absolute Gasteiger partial charge is 0.405 e. The lowest BCUT2D eigenvalue weighted by Gasteiger charge is -2.13. The van der Waals surface area contributed by atoms with Crippen LogP contribution in [0.25, 0.3) is 0 Å². The Kier molecular flexibility index (Phi) is 3.48. The number of hydrogen-bond donors (Lipinski definition) is 0. The maximum atomic E-state index is 12.1. The molecule has 0 N–H and O–H groups in total. The van der Waals surface area contributed by atoms with Crippen LogP contribution in [-0.4, -0.2) is 12.1 Å². The van der Waals surface area contributed by atoms with Gasteiger partial charge in [-0.05, 0) is 31.5 Å². The first-order valence-corrected chi connectivity index (χ1v) is 4.65. The van der Waals surface area contributed by atoms with Gasteiger partial charge >= 0.3 is 6.36 Å². The van der Waals surface area contributed by atoms with Crippen molar-refractivity contribution in [1.82, 2.24) is 0 Å². The lowest BCUT2D eigenvalue weighted by molar-refractivity contribution is -0.274. The van der Waals surface area contributed by atoms with Crippen molar-refractivity contribution in [2.24, 2.45) is 0 Å². The van der Waals surface area contributed by atoms with Crippen LogP contribution >= 0.6 is 11.6 Å². The number of halogens is 4. The van der Waals surface area contributed by atoms with Crippen LogP contribution < -0.4 is 4.74 Å². The van der Waals surface area contributed by atoms with E-state index in [-0.39, 0.29) is 10.6 Å². The third-order valence-electron chi connectivity index (χ3n) is 1.78. The van der Waals surface area contributed by atoms with Crippen molar-refractivity contribution in [3.63, 3.8) is 0 Å². The van der Waals surface area contributed by atoms with Gasteiger partial charge in [-0.2, -0.15) is 0 Å². The first-order chi connectivity index (χ1) is 7.20. The van der Waals surface area contributed by atoms with Gasteiger partial charge in [-0.25, -0.2) is 0 Å². The number of rotatable bonds is 2. The van der Waals surface area contributed by atoms with Crippen LogP contribution in [0.4, 0.5) is 13.2 Å². The third-order valence-corrected chi connectivity index (χ3v) is 2.07. The largest absolute Gasteiger partial charge is 0.573 e. The molecule has 1 rings (SSSR count). The topological polar surface area (TPSA) is 26.3 Å². The van der Waals surface area contributed by atoms with Crippen molar-refractivity contribution < 1.29 is 22.7 Å². The molecule has 6 heteroatoms. The molecule has 1 aromatic carbocycles. The summed E-state index contributed by atoms with van der Waals surface area (Å²) in [6.07, 6.45) is -4.85. The zero-order chi connectivity index (χ0) is 12.5. The molecule has 0 spiro atoms. The summed E-state index contributed by atoms with van der Waals surface area (Å²) in [5, 5.41) is -0.0493. The van der Waals surface area contributed by atoms with Gasteiger partial charge in [-0.1, -0.05) is 11.6 Å². The molecular formula is C10H8ClF3O2. The number of Topliss-reactive ketones (excluding diaryl/α,β-unsaturated/α-hetero) is 1. The van der Waals surface area contributed by atoms with Gasteiger partial charge in [0.25, 0.3) is 0 Å². The van der Waals surface area contributed by atoms with Crippen molar-refractivity contribution in [2.45, 2.75) is 20.2 Å². The van der Waals surface area contributed by atoms with Crippen LogP contribution in [0.15, 0.2) is 12.1 Å². The maximum Gasteiger partial charge on any atom is 0.573 e. The van der Waals surface area contributed by atoms with Crippen molar-refractivity contribution in [1.29, 1.82) is 0 Å². The van der Waals surface area contributed by atoms with Crippen LogP contribution in [0.2, 0.25) is 5.02 Å². The molecule has 0 aliphatic carbocycles. The number of carbonyl (C=O) groups is 1. The zero-order valence-electron chi connectivity index (χ0n) is 8.48. The molecule has 2 nitrogen and oxygen atoms in total. The van der Waals surface area contributed by atoms with Gasteiger partial charge in [-0.15, -0.1) is 13.2 Å². The highest BCUT2D eigenvalue weighted by Gasteiger charge is 2.33. The standard InChI is InChI=1S/C10H8ClF3O2/c1-5-3-7(11)9(6(2)15)8(4-5)16-10(12,13)14/h3-4H,1-2H3. The number of ether oxygens (including phenoxy) is 1. The summed E-state index contributed by atoms with van der Waals surface area (Å²) in [7, 11) is 0. The summed E-state index contributed by atoms with van der Waals surface area (Å²) >= 11 is 5.69. The minimum atomic E-state index is -4.85. The normalized spacial score (nSPS) is 11.4. The number of ketones is 1. The van der Waals surface area contributed by atoms with E-state index >= 15 is 0 Å². The highest BCUT2D eigenvalue weighted by molar-refractivity contribution is 6.34. The quantitative estimate of drug-likeness (QED) is 0.750. The molecule has 1 aromatic rings. The fourth-order valence-electron chi connectivity index (χ4n) is 1.26. The van der Waals surface area contributed by atoms with Crippen LogP contribution in [0.1, 0.15) is 22.8 Å². The first kappa shape index (κ1) is 12.8. The molecule has 0 saturated heterocycles. The Morgan fingerprint density at radius 3 is 2.38 bits per heavy atom. The second kappa shape index (κ2) is 4.33. The van der Waals surface area contributed by atoms with Crippen LogP contribution in [0.5, 0.6) is 5.75 Å². The monoisotopic (exact) mass is 252 g/mol. The highest BCUT2D eigenvalue weighted by atomic mass is 35.5. The van der Waals surface area contributed by atoms with Gasteiger partial charge in [-0.3, -0.25) is 4.79 Å². The van der Waals surface area contributed by atoms with Crippen molar-refractivity contribution in [3.8, 4) is 5.75 Å². The average molecular weight is 253 g/mol. The zero-order valence-corrected chi connectivity index (χ0v) is 9.24. The molecule has 0 heterocycles. The van der Waals surface area contributed by atoms with Crippen LogP contribution in [-0.2, 0) is 0 Å². The predicted octanol–water partition coefficient (Wildman–Crippen LogP) is 3.75. The second-order valence-corrected chi connectivity index (χ2v) is 3.63. The third kappa shape index (κ3) is 3.13. The fraction of sp³-hybridized carbons (Fsp3) is 0.300. The van der Waals surface area contributed by atoms with E-state index in [0.29, 0.717) is 5.56 Å². The summed E-state index contributed by atoms with van der Waals surface area (Å²) in [5.74, 6) is -1.14. The van der Waals surface area contributed by atoms with Crippen LogP contribution in [0, 0.1) is 6.92 Å². The molecule has 0 aliphatic rings. The molecule has 0 atom stereocenters. The molecular weight excluding hydrogens is 245 g/mol. The summed E-state index contributed by atoms with van der Waals surface area (Å²) < 4.78 is 40.0. The summed E-state index contributed by atoms with van der Waals surface area (Å²) in [4.78, 5) is 11.2. The number of hydrogen-bond acceptors (Lipinski definition) is 2. The van der Waals surface area contributed by atoms with Gasteiger partial charge < -0.3 is 4.74 Å². The molecule has 0 saturated carbocycles. The first-order valence-electron chi connectivity index (χ1n) is 4.27. The van der Waals surface area contributed by atoms with E-state index < -0.39 is 17.9 Å². The van der Waals surface area contributed by atoms with Gasteiger partial charge in [0, 0.05) is 0 Å². The van der Waals surface area contributed by atoms with E-state index in [0.717, 1.165) is 13.0 Å². The van der Waals surface area contributed by atoms with Gasteiger partial charge in [0.05, 0.1) is 10.6 Å². The second-order valence-electron chi connectivity index (χ2n) is 3.22. The molecule has 0 unspecified atom stereocenters. The van der Waals surface area contributed by atoms with Gasteiger partial charge in [0.1, 0.15) is 5.75 Å². The van der Waals surface area contributed by atoms with E-state index in [2.05, 4.69) is 4.74 Å². The van der Waals surface area contributed by atoms with Crippen molar-refractivity contribution >= 4 is 17.4 Å². The predicted molar refractivity (Wildman–Crippen MR) is 52.9 cm³/mol. The highest BCUT2D eigenvalue weighted by Crippen LogP contribution is 2.32. The molecule has 0 aromatic heterocycles. The summed E-state index contributed by atoms with van der Waals surface area (Å²) in [5.41, 5.74) is 0.221. The fourth-order valence-corrected chi connectivity index (χ4v) is 1.66. The lowest BCUT2D eigenvalue weighted by atomic mass is 10.1. The van der Waals surface area contributed by atoms with E-state index in [1.807, 2.05) is 0 Å². The Hall–Kier alpha value is -1.23. The van der Waals surface area contributed by atoms with Crippen molar-refractivity contribution in [3.05, 3.63) is 28.3 Å². The number of alkyl halides is 3. The van der Waals surface area contributed by atoms with E-state index in [4.69, 9.17) is 11.6 Å². The van der Waals surface area contributed by atoms with E-state index in [1.165, 1.54) is 6.07 Å². The Balaban J connectivity index is 3.30. The van der Waals surface area contributed by atoms with E-state index in [9.17, 15) is 18.0 Å². The number of aryl methyl sites for hydroxylation is 1. The summed E-state index contributed by atoms with van der Waals surface area (Å²) in [6, 6.07) is 2.53. The van der Waals surface area contributed by atoms with Crippen molar-refractivity contribution in [2.75, 3.05) is 0 Å². The minimum absolute atomic E-state index is 0.0493. The molecule has 88 valence electrons. The molecule has 0 radical (unpaired) electrons. The van der Waals surface area contributed by atoms with Gasteiger partial charge in [0.2, 0.25) is 0 Å². The minimum Gasteiger partial charge on any atom is -0.405 e. The molecule has 0 aliphatic heterocycles. The Morgan fingerprint density at radius 2 is 1.94 bits per heavy atom. The molecule has 0 fully saturated rings.